The molecule has 220 valence electrons. The third kappa shape index (κ3) is 5.88. The summed E-state index contributed by atoms with van der Waals surface area (Å²) in [6, 6.07) is 9.98. The molecule has 43 heavy (non-hydrogen) atoms. The van der Waals surface area contributed by atoms with E-state index in [1.165, 1.54) is 27.5 Å². The molecular formula is C29H29N9O5. The summed E-state index contributed by atoms with van der Waals surface area (Å²) in [7, 11) is 5.03. The van der Waals surface area contributed by atoms with Crippen LogP contribution in [0.2, 0.25) is 0 Å². The molecule has 0 saturated heterocycles. The van der Waals surface area contributed by atoms with Gasteiger partial charge in [-0.3, -0.25) is 24.3 Å². The number of carbonyl (C=O) groups excluding carboxylic acids is 4. The maximum atomic E-state index is 13.5. The minimum absolute atomic E-state index is 0.0887. The summed E-state index contributed by atoms with van der Waals surface area (Å²) < 4.78 is 11.1. The van der Waals surface area contributed by atoms with Gasteiger partial charge in [-0.05, 0) is 36.4 Å². The number of hydrogen-bond acceptors (Lipinski definition) is 7. The van der Waals surface area contributed by atoms with Crippen molar-refractivity contribution >= 4 is 57.6 Å². The molecule has 0 spiro atoms. The summed E-state index contributed by atoms with van der Waals surface area (Å²) in [4.78, 5) is 55.0. The molecule has 0 unspecified atom stereocenters. The molecule has 0 fully saturated rings. The third-order valence-electron chi connectivity index (χ3n) is 6.56. The molecule has 5 aromatic rings. The van der Waals surface area contributed by atoms with E-state index in [0.717, 1.165) is 5.39 Å². The van der Waals surface area contributed by atoms with Crippen LogP contribution in [0.3, 0.4) is 0 Å². The second-order valence-electron chi connectivity index (χ2n) is 9.74. The lowest BCUT2D eigenvalue weighted by Crippen LogP contribution is -2.16. The van der Waals surface area contributed by atoms with E-state index in [1.54, 1.807) is 79.2 Å². The predicted molar refractivity (Wildman–Crippen MR) is 161 cm³/mol. The maximum absolute atomic E-state index is 13.5. The number of benzene rings is 1. The van der Waals surface area contributed by atoms with Crippen molar-refractivity contribution in [1.82, 2.24) is 23.3 Å². The molecule has 4 aromatic heterocycles. The SMILES string of the molecule is C=CCOC(=O)Nc1ccc2c(ccn2C(=O)c2cc(NC(=O)c3cc(NC(=O)c4nc(N)cn4C)cn3C)cn2C)c1. The number of carbonyl (C=O) groups is 4. The molecule has 0 radical (unpaired) electrons. The lowest BCUT2D eigenvalue weighted by Gasteiger charge is -2.07. The van der Waals surface area contributed by atoms with Gasteiger partial charge in [0.25, 0.3) is 17.7 Å². The van der Waals surface area contributed by atoms with Crippen molar-refractivity contribution in [2.75, 3.05) is 28.3 Å². The average Bonchev–Trinajstić information content (AvgIpc) is 3.72. The molecule has 14 heteroatoms. The molecule has 3 amide bonds. The molecule has 5 N–H and O–H groups in total. The molecule has 14 nitrogen and oxygen atoms in total. The molecule has 4 heterocycles. The number of nitrogens with zero attached hydrogens (tertiary/aromatic N) is 5. The molecule has 0 saturated carbocycles. The summed E-state index contributed by atoms with van der Waals surface area (Å²) in [5, 5.41) is 8.88. The Morgan fingerprint density at radius 2 is 1.53 bits per heavy atom. The molecule has 0 aliphatic carbocycles. The molecule has 0 bridgehead atoms. The second kappa shape index (κ2) is 11.4. The number of nitrogen functional groups attached to an aromatic ring is 1. The normalized spacial score (nSPS) is 10.9. The number of anilines is 4. The number of fused-ring (bicyclic) bond motifs is 1. The van der Waals surface area contributed by atoms with Gasteiger partial charge in [-0.25, -0.2) is 9.78 Å². The Hall–Kier alpha value is -6.05. The summed E-state index contributed by atoms with van der Waals surface area (Å²) >= 11 is 0. The number of rotatable bonds is 8. The van der Waals surface area contributed by atoms with Crippen LogP contribution in [-0.2, 0) is 25.9 Å². The zero-order chi connectivity index (χ0) is 30.8. The van der Waals surface area contributed by atoms with Crippen LogP contribution in [0.15, 0.2) is 73.8 Å². The fourth-order valence-electron chi connectivity index (χ4n) is 4.60. The van der Waals surface area contributed by atoms with Crippen LogP contribution in [0.4, 0.5) is 27.7 Å². The molecule has 5 rings (SSSR count). The average molecular weight is 584 g/mol. The summed E-state index contributed by atoms with van der Waals surface area (Å²) in [5.41, 5.74) is 8.22. The highest BCUT2D eigenvalue weighted by Crippen LogP contribution is 2.24. The number of ether oxygens (including phenoxy) is 1. The minimum atomic E-state index is -0.612. The van der Waals surface area contributed by atoms with Crippen LogP contribution in [0, 0.1) is 0 Å². The maximum Gasteiger partial charge on any atom is 0.411 e. The van der Waals surface area contributed by atoms with E-state index >= 15 is 0 Å². The fourth-order valence-corrected chi connectivity index (χ4v) is 4.60. The van der Waals surface area contributed by atoms with Gasteiger partial charge in [0.2, 0.25) is 5.82 Å². The Kier molecular flexibility index (Phi) is 7.58. The summed E-state index contributed by atoms with van der Waals surface area (Å²) in [6.07, 6.45) is 7.25. The molecular weight excluding hydrogens is 554 g/mol. The topological polar surface area (TPSA) is 172 Å². The van der Waals surface area contributed by atoms with Crippen LogP contribution in [-0.4, -0.2) is 53.7 Å². The quantitative estimate of drug-likeness (QED) is 0.202. The van der Waals surface area contributed by atoms with Gasteiger partial charge in [0.1, 0.15) is 23.8 Å². The van der Waals surface area contributed by atoms with E-state index < -0.39 is 17.9 Å². The highest BCUT2D eigenvalue weighted by atomic mass is 16.5. The van der Waals surface area contributed by atoms with Crippen LogP contribution in [0.1, 0.15) is 31.6 Å². The van der Waals surface area contributed by atoms with Crippen LogP contribution >= 0.6 is 0 Å². The van der Waals surface area contributed by atoms with Gasteiger partial charge in [0.15, 0.2) is 0 Å². The standard InChI is InChI=1S/C29H29N9O5/c1-5-10-43-29(42)33-18-6-7-21-17(11-18)8-9-38(21)28(41)23-13-20(15-36(23)3)31-26(39)22-12-19(14-35(22)2)32-27(40)25-34-24(30)16-37(25)4/h5-9,11-16H,1,10,30H2,2-4H3,(H,31,39)(H,32,40)(H,33,42). The van der Waals surface area contributed by atoms with Crippen LogP contribution in [0.5, 0.6) is 0 Å². The van der Waals surface area contributed by atoms with Crippen molar-refractivity contribution in [2.24, 2.45) is 21.1 Å². The van der Waals surface area contributed by atoms with Crippen molar-refractivity contribution in [3.05, 3.63) is 91.1 Å². The number of aryl methyl sites for hydroxylation is 3. The Labute approximate surface area is 245 Å². The fraction of sp³-hybridized carbons (Fsp3) is 0.138. The number of nitrogens with two attached hydrogens (primary N) is 1. The number of hydrogen-bond donors (Lipinski definition) is 4. The molecule has 1 aromatic carbocycles. The smallest absolute Gasteiger partial charge is 0.411 e. The summed E-state index contributed by atoms with van der Waals surface area (Å²) in [6.45, 7) is 3.59. The minimum Gasteiger partial charge on any atom is -0.445 e. The number of aromatic nitrogens is 5. The Morgan fingerprint density at radius 3 is 2.21 bits per heavy atom. The highest BCUT2D eigenvalue weighted by Gasteiger charge is 2.20. The van der Waals surface area contributed by atoms with Crippen molar-refractivity contribution in [1.29, 1.82) is 0 Å². The monoisotopic (exact) mass is 583 g/mol. The van der Waals surface area contributed by atoms with E-state index in [1.807, 2.05) is 0 Å². The zero-order valence-electron chi connectivity index (χ0n) is 23.6. The van der Waals surface area contributed by atoms with Gasteiger partial charge in [-0.15, -0.1) is 0 Å². The van der Waals surface area contributed by atoms with Gasteiger partial charge in [0, 0.05) is 57.0 Å². The van der Waals surface area contributed by atoms with Gasteiger partial charge < -0.3 is 34.8 Å². The molecule has 0 aliphatic heterocycles. The molecule has 0 aliphatic rings. The zero-order valence-corrected chi connectivity index (χ0v) is 23.6. The Morgan fingerprint density at radius 1 is 0.860 bits per heavy atom. The van der Waals surface area contributed by atoms with Gasteiger partial charge >= 0.3 is 6.09 Å². The van der Waals surface area contributed by atoms with E-state index in [-0.39, 0.29) is 29.9 Å². The number of imidazole rings is 1. The van der Waals surface area contributed by atoms with E-state index in [0.29, 0.717) is 28.3 Å². The Bertz CT molecular complexity index is 1910. The second-order valence-corrected chi connectivity index (χ2v) is 9.74. The largest absolute Gasteiger partial charge is 0.445 e. The van der Waals surface area contributed by atoms with Crippen molar-refractivity contribution in [2.45, 2.75) is 0 Å². The van der Waals surface area contributed by atoms with E-state index in [2.05, 4.69) is 27.5 Å². The van der Waals surface area contributed by atoms with Crippen molar-refractivity contribution in [3.63, 3.8) is 0 Å². The molecule has 0 atom stereocenters. The van der Waals surface area contributed by atoms with Crippen LogP contribution in [0.25, 0.3) is 10.9 Å². The van der Waals surface area contributed by atoms with Gasteiger partial charge in [-0.2, -0.15) is 0 Å². The lowest BCUT2D eigenvalue weighted by atomic mass is 10.2. The van der Waals surface area contributed by atoms with Gasteiger partial charge in [0.05, 0.1) is 16.9 Å². The first-order valence-electron chi connectivity index (χ1n) is 13.0. The predicted octanol–water partition coefficient (Wildman–Crippen LogP) is 3.56. The van der Waals surface area contributed by atoms with Gasteiger partial charge in [-0.1, -0.05) is 12.7 Å². The first-order chi connectivity index (χ1) is 20.5. The van der Waals surface area contributed by atoms with E-state index in [9.17, 15) is 19.2 Å². The lowest BCUT2D eigenvalue weighted by molar-refractivity contribution is 0.0954. The summed E-state index contributed by atoms with van der Waals surface area (Å²) in [5.74, 6) is -0.879. The van der Waals surface area contributed by atoms with Crippen LogP contribution < -0.4 is 21.7 Å². The first-order valence-corrected chi connectivity index (χ1v) is 13.0. The Balaban J connectivity index is 1.28. The highest BCUT2D eigenvalue weighted by molar-refractivity contribution is 6.07. The van der Waals surface area contributed by atoms with Crippen molar-refractivity contribution < 1.29 is 23.9 Å². The third-order valence-corrected chi connectivity index (χ3v) is 6.56. The number of nitrogens with one attached hydrogen (secondary N) is 3. The number of amides is 3. The van der Waals surface area contributed by atoms with Crippen molar-refractivity contribution in [3.8, 4) is 0 Å². The van der Waals surface area contributed by atoms with E-state index in [4.69, 9.17) is 10.5 Å². The first kappa shape index (κ1) is 28.5.